The van der Waals surface area contributed by atoms with E-state index in [1.165, 1.54) is 0 Å². The van der Waals surface area contributed by atoms with Crippen LogP contribution in [0.5, 0.6) is 0 Å². The highest BCUT2D eigenvalue weighted by Crippen LogP contribution is 2.24. The number of piperidine rings is 1. The highest BCUT2D eigenvalue weighted by molar-refractivity contribution is 7.99. The Morgan fingerprint density at radius 1 is 1.23 bits per heavy atom. The molecule has 0 bridgehead atoms. The summed E-state index contributed by atoms with van der Waals surface area (Å²) >= 11 is 1.92. The van der Waals surface area contributed by atoms with Gasteiger partial charge in [0.25, 0.3) is 0 Å². The van der Waals surface area contributed by atoms with Gasteiger partial charge in [0.15, 0.2) is 0 Å². The number of hydrogen-bond donors (Lipinski definition) is 3. The summed E-state index contributed by atoms with van der Waals surface area (Å²) in [6.07, 6.45) is 2.82. The fourth-order valence-corrected chi connectivity index (χ4v) is 4.22. The molecular weight excluding hydrogens is 391 g/mol. The van der Waals surface area contributed by atoms with Crippen LogP contribution in [0.25, 0.3) is 0 Å². The number of carbonyl (C=O) groups excluding carboxylic acids is 1. The summed E-state index contributed by atoms with van der Waals surface area (Å²) in [5.41, 5.74) is 1.93. The van der Waals surface area contributed by atoms with Crippen LogP contribution in [0.1, 0.15) is 19.3 Å². The molecule has 3 rings (SSSR count). The second-order valence-corrected chi connectivity index (χ2v) is 7.90. The van der Waals surface area contributed by atoms with E-state index in [9.17, 15) is 4.79 Å². The van der Waals surface area contributed by atoms with Gasteiger partial charge in [0, 0.05) is 36.6 Å². The summed E-state index contributed by atoms with van der Waals surface area (Å²) in [5, 5.41) is 10.1. The Kier molecular flexibility index (Phi) is 10.7. The molecule has 0 aliphatic carbocycles. The molecule has 26 heavy (non-hydrogen) atoms. The lowest BCUT2D eigenvalue weighted by Crippen LogP contribution is -2.40. The zero-order valence-electron chi connectivity index (χ0n) is 15.2. The summed E-state index contributed by atoms with van der Waals surface area (Å²) in [6, 6.07) is 8.81. The van der Waals surface area contributed by atoms with E-state index in [1.54, 1.807) is 0 Å². The number of benzene rings is 1. The minimum atomic E-state index is 0. The van der Waals surface area contributed by atoms with E-state index in [-0.39, 0.29) is 36.8 Å². The number of rotatable bonds is 5. The van der Waals surface area contributed by atoms with Crippen molar-refractivity contribution in [2.24, 2.45) is 0 Å². The number of likely N-dealkylation sites (tertiary alicyclic amines) is 1. The van der Waals surface area contributed by atoms with Crippen LogP contribution in [-0.2, 0) is 4.79 Å². The Balaban J connectivity index is 0.00000169. The second-order valence-electron chi connectivity index (χ2n) is 6.75. The number of hydrogen-bond acceptors (Lipinski definition) is 5. The molecule has 1 atom stereocenters. The van der Waals surface area contributed by atoms with Crippen molar-refractivity contribution in [1.82, 2.24) is 10.2 Å². The van der Waals surface area contributed by atoms with Crippen LogP contribution in [0.4, 0.5) is 11.4 Å². The van der Waals surface area contributed by atoms with Crippen LogP contribution in [0.2, 0.25) is 0 Å². The van der Waals surface area contributed by atoms with Crippen LogP contribution >= 0.6 is 36.6 Å². The van der Waals surface area contributed by atoms with Gasteiger partial charge < -0.3 is 20.9 Å². The topological polar surface area (TPSA) is 56.4 Å². The molecule has 1 aromatic rings. The van der Waals surface area contributed by atoms with Gasteiger partial charge in [-0.05, 0) is 45.1 Å². The lowest BCUT2D eigenvalue weighted by molar-refractivity contribution is -0.116. The third-order valence-corrected chi connectivity index (χ3v) is 5.84. The van der Waals surface area contributed by atoms with E-state index >= 15 is 0 Å². The summed E-state index contributed by atoms with van der Waals surface area (Å²) < 4.78 is 0. The molecule has 0 aromatic heterocycles. The molecule has 5 nitrogen and oxygen atoms in total. The van der Waals surface area contributed by atoms with Crippen molar-refractivity contribution in [1.29, 1.82) is 0 Å². The van der Waals surface area contributed by atoms with Gasteiger partial charge in [0.2, 0.25) is 5.91 Å². The smallest absolute Gasteiger partial charge is 0.226 e. The second kappa shape index (κ2) is 11.9. The molecule has 1 amide bonds. The van der Waals surface area contributed by atoms with Gasteiger partial charge in [-0.3, -0.25) is 4.79 Å². The van der Waals surface area contributed by atoms with Crippen LogP contribution in [-0.4, -0.2) is 61.1 Å². The maximum absolute atomic E-state index is 12.4. The zero-order valence-corrected chi connectivity index (χ0v) is 17.7. The standard InChI is InChI=1S/C18H28N4OS.2ClH/c1-22-9-6-14(7-10-22)20-16-4-2-3-5-17(16)21-18(23)12-15-13-24-11-8-19-15;;/h2-5,14-15,19-20H,6-13H2,1H3,(H,21,23);2*1H. The minimum absolute atomic E-state index is 0. The molecular formula is C18H30Cl2N4OS. The fraction of sp³-hybridized carbons (Fsp3) is 0.611. The quantitative estimate of drug-likeness (QED) is 0.682. The van der Waals surface area contributed by atoms with Gasteiger partial charge in [0.05, 0.1) is 11.4 Å². The highest BCUT2D eigenvalue weighted by Gasteiger charge is 2.19. The molecule has 0 spiro atoms. The zero-order chi connectivity index (χ0) is 16.8. The lowest BCUT2D eigenvalue weighted by atomic mass is 10.0. The molecule has 2 aliphatic rings. The Labute approximate surface area is 173 Å². The van der Waals surface area contributed by atoms with Crippen molar-refractivity contribution in [3.8, 4) is 0 Å². The summed E-state index contributed by atoms with van der Waals surface area (Å²) in [4.78, 5) is 14.7. The average molecular weight is 421 g/mol. The SMILES string of the molecule is CN1CCC(Nc2ccccc2NC(=O)CC2CSCCN2)CC1.Cl.Cl. The van der Waals surface area contributed by atoms with Crippen molar-refractivity contribution < 1.29 is 4.79 Å². The first-order valence-corrected chi connectivity index (χ1v) is 10.0. The molecule has 2 aliphatic heterocycles. The number of nitrogens with one attached hydrogen (secondary N) is 3. The van der Waals surface area contributed by atoms with E-state index in [0.29, 0.717) is 12.5 Å². The van der Waals surface area contributed by atoms with E-state index in [0.717, 1.165) is 55.4 Å². The molecule has 1 aromatic carbocycles. The Morgan fingerprint density at radius 2 is 1.92 bits per heavy atom. The molecule has 2 saturated heterocycles. The molecule has 148 valence electrons. The average Bonchev–Trinajstić information content (AvgIpc) is 2.59. The number of thioether (sulfide) groups is 1. The molecule has 2 fully saturated rings. The van der Waals surface area contributed by atoms with Crippen LogP contribution in [0.3, 0.4) is 0 Å². The van der Waals surface area contributed by atoms with Crippen molar-refractivity contribution in [2.45, 2.75) is 31.3 Å². The maximum atomic E-state index is 12.4. The van der Waals surface area contributed by atoms with E-state index in [2.05, 4.69) is 34.0 Å². The van der Waals surface area contributed by atoms with Crippen molar-refractivity contribution in [2.75, 3.05) is 48.8 Å². The Bertz CT molecular complexity index is 550. The normalized spacial score (nSPS) is 21.2. The number of carbonyl (C=O) groups is 1. The molecule has 2 heterocycles. The number of amides is 1. The Morgan fingerprint density at radius 3 is 2.58 bits per heavy atom. The van der Waals surface area contributed by atoms with Gasteiger partial charge in [-0.2, -0.15) is 11.8 Å². The Hall–Kier alpha value is -0.660. The third-order valence-electron chi connectivity index (χ3n) is 4.71. The summed E-state index contributed by atoms with van der Waals surface area (Å²) in [6.45, 7) is 3.24. The van der Waals surface area contributed by atoms with Gasteiger partial charge in [0.1, 0.15) is 0 Å². The summed E-state index contributed by atoms with van der Waals surface area (Å²) in [7, 11) is 2.17. The van der Waals surface area contributed by atoms with Crippen molar-refractivity contribution in [3.63, 3.8) is 0 Å². The molecule has 3 N–H and O–H groups in total. The highest BCUT2D eigenvalue weighted by atomic mass is 35.5. The van der Waals surface area contributed by atoms with Gasteiger partial charge in [-0.25, -0.2) is 0 Å². The predicted molar refractivity (Wildman–Crippen MR) is 117 cm³/mol. The van der Waals surface area contributed by atoms with E-state index in [4.69, 9.17) is 0 Å². The van der Waals surface area contributed by atoms with Crippen molar-refractivity contribution >= 4 is 53.9 Å². The first-order valence-electron chi connectivity index (χ1n) is 8.86. The van der Waals surface area contributed by atoms with E-state index in [1.807, 2.05) is 30.0 Å². The number of nitrogens with zero attached hydrogens (tertiary/aromatic N) is 1. The number of anilines is 2. The number of halogens is 2. The van der Waals surface area contributed by atoms with E-state index < -0.39 is 0 Å². The van der Waals surface area contributed by atoms with Crippen molar-refractivity contribution in [3.05, 3.63) is 24.3 Å². The fourth-order valence-electron chi connectivity index (χ4n) is 3.27. The third kappa shape index (κ3) is 7.16. The van der Waals surface area contributed by atoms with Crippen LogP contribution in [0.15, 0.2) is 24.3 Å². The molecule has 1 unspecified atom stereocenters. The van der Waals surface area contributed by atoms with Gasteiger partial charge in [-0.15, -0.1) is 24.8 Å². The van der Waals surface area contributed by atoms with Crippen LogP contribution in [0, 0.1) is 0 Å². The molecule has 0 saturated carbocycles. The molecule has 8 heteroatoms. The monoisotopic (exact) mass is 420 g/mol. The summed E-state index contributed by atoms with van der Waals surface area (Å²) in [5.74, 6) is 2.25. The van der Waals surface area contributed by atoms with Crippen LogP contribution < -0.4 is 16.0 Å². The predicted octanol–water partition coefficient (Wildman–Crippen LogP) is 3.07. The largest absolute Gasteiger partial charge is 0.381 e. The van der Waals surface area contributed by atoms with Gasteiger partial charge >= 0.3 is 0 Å². The maximum Gasteiger partial charge on any atom is 0.226 e. The molecule has 0 radical (unpaired) electrons. The first-order chi connectivity index (χ1) is 11.7. The lowest BCUT2D eigenvalue weighted by Gasteiger charge is -2.30. The first kappa shape index (κ1) is 23.4. The number of para-hydroxylation sites is 2. The minimum Gasteiger partial charge on any atom is -0.381 e. The van der Waals surface area contributed by atoms with Gasteiger partial charge in [-0.1, -0.05) is 12.1 Å².